The van der Waals surface area contributed by atoms with Gasteiger partial charge in [-0.25, -0.2) is 13.6 Å². The molecule has 0 atom stereocenters. The molecule has 1 aromatic heterocycles. The van der Waals surface area contributed by atoms with E-state index in [2.05, 4.69) is 11.6 Å². The Morgan fingerprint density at radius 2 is 1.94 bits per heavy atom. The maximum absolute atomic E-state index is 13.8. The Morgan fingerprint density at radius 1 is 1.24 bits per heavy atom. The van der Waals surface area contributed by atoms with Crippen molar-refractivity contribution in [1.82, 2.24) is 9.88 Å². The van der Waals surface area contributed by atoms with E-state index in [0.717, 1.165) is 29.0 Å². The van der Waals surface area contributed by atoms with Gasteiger partial charge in [0.05, 0.1) is 17.4 Å². The summed E-state index contributed by atoms with van der Waals surface area (Å²) in [6.45, 7) is 13.3. The largest absolute Gasteiger partial charge is 0.459 e. The van der Waals surface area contributed by atoms with E-state index in [1.807, 2.05) is 32.9 Å². The number of amides is 1. The molecule has 1 amide bonds. The van der Waals surface area contributed by atoms with Crippen molar-refractivity contribution in [2.24, 2.45) is 0 Å². The number of aromatic nitrogens is 1. The van der Waals surface area contributed by atoms with Crippen LogP contribution >= 0.6 is 0 Å². The van der Waals surface area contributed by atoms with Crippen LogP contribution in [-0.2, 0) is 14.9 Å². The second kappa shape index (κ2) is 9.17. The summed E-state index contributed by atoms with van der Waals surface area (Å²) in [5.41, 5.74) is 2.50. The van der Waals surface area contributed by atoms with Crippen molar-refractivity contribution >= 4 is 29.6 Å². The zero-order valence-corrected chi connectivity index (χ0v) is 19.5. The fourth-order valence-electron chi connectivity index (χ4n) is 4.07. The summed E-state index contributed by atoms with van der Waals surface area (Å²) in [7, 11) is 0. The van der Waals surface area contributed by atoms with Crippen LogP contribution in [0.2, 0.25) is 0 Å². The lowest BCUT2D eigenvalue weighted by Gasteiger charge is -2.30. The Labute approximate surface area is 192 Å². The van der Waals surface area contributed by atoms with Crippen LogP contribution < -0.4 is 0 Å². The van der Waals surface area contributed by atoms with Crippen LogP contribution in [0.1, 0.15) is 67.5 Å². The molecule has 2 aromatic rings. The average Bonchev–Trinajstić information content (AvgIpc) is 3.05. The first-order valence-electron chi connectivity index (χ1n) is 10.7. The third-order valence-corrected chi connectivity index (χ3v) is 5.39. The molecule has 0 radical (unpaired) electrons. The molecule has 1 aliphatic rings. The minimum Gasteiger partial charge on any atom is -0.459 e. The number of nitrogens with zero attached hydrogens (tertiary/aromatic N) is 1. The smallest absolute Gasteiger partial charge is 0.342 e. The van der Waals surface area contributed by atoms with Gasteiger partial charge in [0.25, 0.3) is 5.91 Å². The molecule has 174 valence electrons. The van der Waals surface area contributed by atoms with Crippen LogP contribution in [0.5, 0.6) is 0 Å². The SMILES string of the molecule is C=Cc1[nH]c2c(c1/C=C\C)C(C)(C)CN(C(=O)c1ccc(F)c(F)c1)C=C2C(=O)OC(C)C. The number of carbonyl (C=O) groups excluding carboxylic acids is 2. The van der Waals surface area contributed by atoms with E-state index in [-0.39, 0.29) is 23.8 Å². The number of aromatic amines is 1. The van der Waals surface area contributed by atoms with Gasteiger partial charge in [0.15, 0.2) is 11.6 Å². The Bertz CT molecular complexity index is 1170. The molecule has 0 saturated heterocycles. The van der Waals surface area contributed by atoms with Crippen LogP contribution in [0.3, 0.4) is 0 Å². The number of allylic oxidation sites excluding steroid dienone is 1. The minimum absolute atomic E-state index is 0.0245. The monoisotopic (exact) mass is 454 g/mol. The Morgan fingerprint density at radius 3 is 2.52 bits per heavy atom. The first-order valence-corrected chi connectivity index (χ1v) is 10.7. The number of esters is 1. The third-order valence-electron chi connectivity index (χ3n) is 5.39. The fourth-order valence-corrected chi connectivity index (χ4v) is 4.07. The molecule has 1 N–H and O–H groups in total. The van der Waals surface area contributed by atoms with Crippen molar-refractivity contribution in [3.63, 3.8) is 0 Å². The molecule has 3 rings (SSSR count). The van der Waals surface area contributed by atoms with Gasteiger partial charge in [-0.05, 0) is 50.6 Å². The van der Waals surface area contributed by atoms with E-state index in [0.29, 0.717) is 5.69 Å². The first-order chi connectivity index (χ1) is 15.5. The summed E-state index contributed by atoms with van der Waals surface area (Å²) in [6, 6.07) is 2.99. The maximum Gasteiger partial charge on any atom is 0.342 e. The van der Waals surface area contributed by atoms with Gasteiger partial charge in [0, 0.05) is 35.0 Å². The second-order valence-electron chi connectivity index (χ2n) is 8.85. The van der Waals surface area contributed by atoms with Gasteiger partial charge in [-0.2, -0.15) is 0 Å². The standard InChI is InChI=1S/C26H28F2N2O3/c1-7-9-17-21(8-2)29-23-18(25(32)33-15(3)4)13-30(14-26(5,6)22(17)23)24(31)16-10-11-19(27)20(28)12-16/h7-13,15,29H,2,14H2,1,3-6H3/b9-7-. The lowest BCUT2D eigenvalue weighted by Crippen LogP contribution is -2.37. The maximum atomic E-state index is 13.8. The van der Waals surface area contributed by atoms with E-state index in [4.69, 9.17) is 4.74 Å². The van der Waals surface area contributed by atoms with Gasteiger partial charge in [-0.1, -0.05) is 32.6 Å². The van der Waals surface area contributed by atoms with E-state index >= 15 is 0 Å². The zero-order valence-electron chi connectivity index (χ0n) is 19.5. The number of benzene rings is 1. The predicted octanol–water partition coefficient (Wildman–Crippen LogP) is 5.70. The number of ether oxygens (including phenoxy) is 1. The van der Waals surface area contributed by atoms with Crippen molar-refractivity contribution in [3.8, 4) is 0 Å². The molecule has 1 aliphatic heterocycles. The van der Waals surface area contributed by atoms with Crippen LogP contribution in [0.25, 0.3) is 17.7 Å². The summed E-state index contributed by atoms with van der Waals surface area (Å²) in [4.78, 5) is 31.0. The lowest BCUT2D eigenvalue weighted by molar-refractivity contribution is -0.140. The highest BCUT2D eigenvalue weighted by Gasteiger charge is 2.38. The van der Waals surface area contributed by atoms with Crippen LogP contribution in [0, 0.1) is 11.6 Å². The van der Waals surface area contributed by atoms with Gasteiger partial charge in [-0.15, -0.1) is 0 Å². The number of hydrogen-bond donors (Lipinski definition) is 1. The molecule has 0 saturated carbocycles. The van der Waals surface area contributed by atoms with Crippen molar-refractivity contribution in [2.75, 3.05) is 6.54 Å². The van der Waals surface area contributed by atoms with E-state index in [1.165, 1.54) is 17.2 Å². The van der Waals surface area contributed by atoms with Crippen molar-refractivity contribution < 1.29 is 23.1 Å². The van der Waals surface area contributed by atoms with Gasteiger partial charge in [0.2, 0.25) is 0 Å². The molecule has 33 heavy (non-hydrogen) atoms. The summed E-state index contributed by atoms with van der Waals surface area (Å²) >= 11 is 0. The van der Waals surface area contributed by atoms with Crippen LogP contribution in [0.15, 0.2) is 37.1 Å². The normalized spacial score (nSPS) is 15.3. The number of nitrogens with one attached hydrogen (secondary N) is 1. The van der Waals surface area contributed by atoms with Gasteiger partial charge in [-0.3, -0.25) is 4.79 Å². The molecule has 1 aromatic carbocycles. The van der Waals surface area contributed by atoms with Crippen LogP contribution in [0.4, 0.5) is 8.78 Å². The molecule has 2 heterocycles. The molecule has 0 spiro atoms. The average molecular weight is 455 g/mol. The second-order valence-corrected chi connectivity index (χ2v) is 8.85. The molecular formula is C26H28F2N2O3. The Kier molecular flexibility index (Phi) is 6.72. The molecule has 7 heteroatoms. The van der Waals surface area contributed by atoms with Gasteiger partial charge in [0.1, 0.15) is 0 Å². The minimum atomic E-state index is -1.12. The quantitative estimate of drug-likeness (QED) is 0.590. The summed E-state index contributed by atoms with van der Waals surface area (Å²) in [6.07, 6.45) is 6.53. The topological polar surface area (TPSA) is 62.4 Å². The summed E-state index contributed by atoms with van der Waals surface area (Å²) in [5.74, 6) is -3.31. The number of hydrogen-bond acceptors (Lipinski definition) is 3. The highest BCUT2D eigenvalue weighted by molar-refractivity contribution is 6.17. The van der Waals surface area contributed by atoms with Crippen molar-refractivity contribution in [1.29, 1.82) is 0 Å². The zero-order chi connectivity index (χ0) is 24.5. The van der Waals surface area contributed by atoms with Gasteiger partial charge >= 0.3 is 5.97 Å². The van der Waals surface area contributed by atoms with E-state index in [1.54, 1.807) is 19.9 Å². The highest BCUT2D eigenvalue weighted by atomic mass is 19.2. The molecule has 0 fully saturated rings. The Balaban J connectivity index is 2.23. The lowest BCUT2D eigenvalue weighted by atomic mass is 9.80. The number of carbonyl (C=O) groups is 2. The molecule has 0 aliphatic carbocycles. The number of fused-ring (bicyclic) bond motifs is 1. The van der Waals surface area contributed by atoms with Crippen LogP contribution in [-0.4, -0.2) is 34.4 Å². The van der Waals surface area contributed by atoms with Crippen molar-refractivity contribution in [2.45, 2.75) is 46.1 Å². The molecule has 0 unspecified atom stereocenters. The van der Waals surface area contributed by atoms with E-state index in [9.17, 15) is 18.4 Å². The van der Waals surface area contributed by atoms with E-state index < -0.39 is 28.9 Å². The first kappa shape index (κ1) is 24.2. The number of rotatable bonds is 5. The molecule has 5 nitrogen and oxygen atoms in total. The number of H-pyrrole nitrogens is 1. The predicted molar refractivity (Wildman–Crippen MR) is 125 cm³/mol. The van der Waals surface area contributed by atoms with Gasteiger partial charge < -0.3 is 14.6 Å². The fraction of sp³-hybridized carbons (Fsp3) is 0.308. The Hall–Kier alpha value is -3.48. The highest BCUT2D eigenvalue weighted by Crippen LogP contribution is 2.40. The third kappa shape index (κ3) is 4.67. The molecule has 0 bridgehead atoms. The summed E-state index contributed by atoms with van der Waals surface area (Å²) < 4.78 is 32.7. The van der Waals surface area contributed by atoms with Crippen molar-refractivity contribution in [3.05, 3.63) is 76.8 Å². The molecular weight excluding hydrogens is 426 g/mol. The number of halogens is 2. The summed E-state index contributed by atoms with van der Waals surface area (Å²) in [5, 5.41) is 0.